The molecule has 0 aliphatic heterocycles. The molecule has 0 radical (unpaired) electrons. The molecule has 1 aliphatic carbocycles. The van der Waals surface area contributed by atoms with Gasteiger partial charge in [-0.3, -0.25) is 5.09 Å². The number of hydrogen-bond donors (Lipinski definition) is 2. The molecule has 0 spiro atoms. The fraction of sp³-hybridized carbons (Fsp3) is 0.350. The van der Waals surface area contributed by atoms with Crippen molar-refractivity contribution in [2.45, 2.75) is 38.1 Å². The van der Waals surface area contributed by atoms with Crippen LogP contribution in [-0.4, -0.2) is 19.1 Å². The number of carbonyl (C=O) groups is 1. The van der Waals surface area contributed by atoms with Crippen molar-refractivity contribution >= 4 is 19.3 Å². The van der Waals surface area contributed by atoms with Crippen LogP contribution in [0.1, 0.15) is 42.5 Å². The van der Waals surface area contributed by atoms with Crippen molar-refractivity contribution in [2.75, 3.05) is 12.2 Å². The van der Waals surface area contributed by atoms with Crippen LogP contribution in [0.15, 0.2) is 54.6 Å². The summed E-state index contributed by atoms with van der Waals surface area (Å²) in [5, 5.41) is 6.14. The first kappa shape index (κ1) is 19.5. The van der Waals surface area contributed by atoms with Gasteiger partial charge in [-0.25, -0.2) is 14.4 Å². The van der Waals surface area contributed by atoms with Crippen LogP contribution in [-0.2, 0) is 9.30 Å². The number of esters is 1. The van der Waals surface area contributed by atoms with E-state index >= 15 is 0 Å². The molecule has 6 nitrogen and oxygen atoms in total. The van der Waals surface area contributed by atoms with Gasteiger partial charge in [0.05, 0.1) is 18.4 Å². The molecular formula is C20H25N2O4P. The van der Waals surface area contributed by atoms with Crippen LogP contribution in [0.2, 0.25) is 0 Å². The maximum absolute atomic E-state index is 13.7. The molecule has 0 heterocycles. The Balaban J connectivity index is 1.87. The lowest BCUT2D eigenvalue weighted by Crippen LogP contribution is -2.32. The molecule has 144 valence electrons. The van der Waals surface area contributed by atoms with Crippen LogP contribution in [0.3, 0.4) is 0 Å². The van der Waals surface area contributed by atoms with Crippen molar-refractivity contribution in [3.63, 3.8) is 0 Å². The molecule has 0 bridgehead atoms. The van der Waals surface area contributed by atoms with Gasteiger partial charge in [-0.05, 0) is 37.1 Å². The molecule has 2 aromatic carbocycles. The maximum atomic E-state index is 13.7. The summed E-state index contributed by atoms with van der Waals surface area (Å²) in [7, 11) is -2.20. The summed E-state index contributed by atoms with van der Waals surface area (Å²) in [6.07, 6.45) is 5.29. The third-order valence-corrected chi connectivity index (χ3v) is 6.24. The topological polar surface area (TPSA) is 76.7 Å². The van der Waals surface area contributed by atoms with Crippen molar-refractivity contribution in [1.82, 2.24) is 5.09 Å². The molecule has 1 fully saturated rings. The van der Waals surface area contributed by atoms with Crippen LogP contribution in [0, 0.1) is 0 Å². The van der Waals surface area contributed by atoms with Gasteiger partial charge in [0.1, 0.15) is 5.75 Å². The van der Waals surface area contributed by atoms with E-state index in [0.717, 1.165) is 25.7 Å². The summed E-state index contributed by atoms with van der Waals surface area (Å²) in [6.45, 7) is 0. The van der Waals surface area contributed by atoms with Gasteiger partial charge in [-0.1, -0.05) is 49.6 Å². The first-order valence-electron chi connectivity index (χ1n) is 9.18. The van der Waals surface area contributed by atoms with Gasteiger partial charge < -0.3 is 9.26 Å². The fourth-order valence-electron chi connectivity index (χ4n) is 3.21. The minimum absolute atomic E-state index is 0.103. The summed E-state index contributed by atoms with van der Waals surface area (Å²) in [6, 6.07) is 15.9. The number of para-hydroxylation sites is 2. The van der Waals surface area contributed by atoms with E-state index in [-0.39, 0.29) is 6.04 Å². The van der Waals surface area contributed by atoms with Gasteiger partial charge in [0.15, 0.2) is 0 Å². The number of rotatable bonds is 7. The van der Waals surface area contributed by atoms with Crippen molar-refractivity contribution in [1.29, 1.82) is 0 Å². The minimum atomic E-state index is -3.52. The molecule has 0 saturated heterocycles. The van der Waals surface area contributed by atoms with Gasteiger partial charge >= 0.3 is 13.6 Å². The molecule has 0 aromatic heterocycles. The van der Waals surface area contributed by atoms with E-state index in [9.17, 15) is 9.36 Å². The van der Waals surface area contributed by atoms with Crippen molar-refractivity contribution in [2.24, 2.45) is 0 Å². The molecule has 1 unspecified atom stereocenters. The number of benzene rings is 2. The third kappa shape index (κ3) is 5.34. The van der Waals surface area contributed by atoms with E-state index in [1.165, 1.54) is 13.5 Å². The fourth-order valence-corrected chi connectivity index (χ4v) is 5.04. The second-order valence-corrected chi connectivity index (χ2v) is 8.34. The van der Waals surface area contributed by atoms with Gasteiger partial charge in [-0.2, -0.15) is 0 Å². The molecule has 2 aromatic rings. The average Bonchev–Trinajstić information content (AvgIpc) is 2.69. The van der Waals surface area contributed by atoms with Crippen LogP contribution in [0.5, 0.6) is 5.75 Å². The predicted octanol–water partition coefficient (Wildman–Crippen LogP) is 4.99. The summed E-state index contributed by atoms with van der Waals surface area (Å²) in [5.74, 6) is -0.00535. The van der Waals surface area contributed by atoms with Gasteiger partial charge in [0.2, 0.25) is 0 Å². The van der Waals surface area contributed by atoms with Crippen molar-refractivity contribution in [3.8, 4) is 5.75 Å². The lowest BCUT2D eigenvalue weighted by molar-refractivity contribution is 0.0602. The highest BCUT2D eigenvalue weighted by Gasteiger charge is 2.31. The number of carbonyl (C=O) groups excluding carboxylic acids is 1. The zero-order chi connectivity index (χ0) is 19.1. The van der Waals surface area contributed by atoms with Gasteiger partial charge in [0.25, 0.3) is 0 Å². The Labute approximate surface area is 159 Å². The van der Waals surface area contributed by atoms with E-state index in [1.807, 2.05) is 18.2 Å². The Morgan fingerprint density at radius 2 is 1.67 bits per heavy atom. The Morgan fingerprint density at radius 1 is 1.00 bits per heavy atom. The lowest BCUT2D eigenvalue weighted by atomic mass is 9.96. The molecule has 1 aliphatic rings. The Bertz CT molecular complexity index is 807. The number of anilines is 1. The van der Waals surface area contributed by atoms with Gasteiger partial charge in [0, 0.05) is 6.04 Å². The molecule has 0 amide bonds. The third-order valence-electron chi connectivity index (χ3n) is 4.53. The summed E-state index contributed by atoms with van der Waals surface area (Å²) >= 11 is 0. The first-order valence-corrected chi connectivity index (χ1v) is 10.8. The van der Waals surface area contributed by atoms with E-state index in [4.69, 9.17) is 9.26 Å². The summed E-state index contributed by atoms with van der Waals surface area (Å²) < 4.78 is 24.4. The van der Waals surface area contributed by atoms with Crippen molar-refractivity contribution < 1.29 is 18.6 Å². The van der Waals surface area contributed by atoms with E-state index in [0.29, 0.717) is 17.0 Å². The quantitative estimate of drug-likeness (QED) is 0.514. The zero-order valence-corrected chi connectivity index (χ0v) is 16.3. The van der Waals surface area contributed by atoms with E-state index < -0.39 is 13.6 Å². The normalized spacial score (nSPS) is 16.9. The SMILES string of the molecule is COC(=O)c1ccccc1NP(=O)(NC1CCCCC1)Oc1ccccc1. The minimum Gasteiger partial charge on any atom is -0.465 e. The van der Waals surface area contributed by atoms with E-state index in [1.54, 1.807) is 36.4 Å². The molecule has 1 atom stereocenters. The van der Waals surface area contributed by atoms with Crippen LogP contribution in [0.4, 0.5) is 5.69 Å². The molecule has 3 rings (SSSR count). The number of hydrogen-bond acceptors (Lipinski definition) is 4. The Kier molecular flexibility index (Phi) is 6.54. The standard InChI is InChI=1S/C20H25N2O4P/c1-25-20(23)18-14-8-9-15-19(18)22-27(24,21-16-10-4-2-5-11-16)26-17-12-6-3-7-13-17/h3,6-9,12-16H,2,4-5,10-11H2,1H3,(H2,21,22,24). The lowest BCUT2D eigenvalue weighted by Gasteiger charge is -2.29. The number of ether oxygens (including phenoxy) is 1. The number of nitrogens with one attached hydrogen (secondary N) is 2. The van der Waals surface area contributed by atoms with E-state index in [2.05, 4.69) is 10.2 Å². The molecule has 2 N–H and O–H groups in total. The average molecular weight is 388 g/mol. The van der Waals surface area contributed by atoms with Crippen LogP contribution < -0.4 is 14.7 Å². The first-order chi connectivity index (χ1) is 13.1. The molecule has 27 heavy (non-hydrogen) atoms. The largest absolute Gasteiger partial charge is 0.465 e. The predicted molar refractivity (Wildman–Crippen MR) is 106 cm³/mol. The highest BCUT2D eigenvalue weighted by molar-refractivity contribution is 7.58. The van der Waals surface area contributed by atoms with Crippen LogP contribution >= 0.6 is 7.67 Å². The Hall–Kier alpha value is -2.30. The zero-order valence-electron chi connectivity index (χ0n) is 15.4. The summed E-state index contributed by atoms with van der Waals surface area (Å²) in [5.41, 5.74) is 0.717. The molecule has 7 heteroatoms. The monoisotopic (exact) mass is 388 g/mol. The van der Waals surface area contributed by atoms with Crippen molar-refractivity contribution in [3.05, 3.63) is 60.2 Å². The highest BCUT2D eigenvalue weighted by atomic mass is 31.2. The maximum Gasteiger partial charge on any atom is 0.417 e. The second-order valence-electron chi connectivity index (χ2n) is 6.57. The summed E-state index contributed by atoms with van der Waals surface area (Å²) in [4.78, 5) is 12.1. The van der Waals surface area contributed by atoms with Gasteiger partial charge in [-0.15, -0.1) is 0 Å². The number of methoxy groups -OCH3 is 1. The Morgan fingerprint density at radius 3 is 2.37 bits per heavy atom. The highest BCUT2D eigenvalue weighted by Crippen LogP contribution is 2.45. The smallest absolute Gasteiger partial charge is 0.417 e. The molecular weight excluding hydrogens is 363 g/mol. The second kappa shape index (κ2) is 9.07. The van der Waals surface area contributed by atoms with Crippen LogP contribution in [0.25, 0.3) is 0 Å². The molecule has 1 saturated carbocycles.